The zero-order chi connectivity index (χ0) is 14.6. The molecule has 0 aromatic heterocycles. The molecule has 1 aliphatic heterocycles. The Balaban J connectivity index is 2.18. The molecule has 1 aliphatic rings. The number of methoxy groups -OCH3 is 1. The van der Waals surface area contributed by atoms with Gasteiger partial charge in [0.05, 0.1) is 13.7 Å². The van der Waals surface area contributed by atoms with Crippen molar-refractivity contribution in [3.05, 3.63) is 23.8 Å². The lowest BCUT2D eigenvalue weighted by atomic mass is 10.2. The molecule has 0 aliphatic carbocycles. The lowest BCUT2D eigenvalue weighted by Gasteiger charge is -2.14. The van der Waals surface area contributed by atoms with E-state index in [1.807, 2.05) is 0 Å². The van der Waals surface area contributed by atoms with Gasteiger partial charge in [0, 0.05) is 11.8 Å². The van der Waals surface area contributed by atoms with Crippen molar-refractivity contribution in [2.24, 2.45) is 0 Å². The Labute approximate surface area is 123 Å². The zero-order valence-corrected chi connectivity index (χ0v) is 13.0. The summed E-state index contributed by atoms with van der Waals surface area (Å²) in [7, 11) is -2.19. The second kappa shape index (κ2) is 6.80. The van der Waals surface area contributed by atoms with Crippen molar-refractivity contribution in [2.45, 2.75) is 29.6 Å². The third-order valence-corrected chi connectivity index (χ3v) is 6.07. The van der Waals surface area contributed by atoms with Gasteiger partial charge in [-0.05, 0) is 36.3 Å². The summed E-state index contributed by atoms with van der Waals surface area (Å²) in [5, 5.41) is 9.48. The quantitative estimate of drug-likeness (QED) is 0.828. The maximum Gasteiger partial charge on any atom is 0.244 e. The molecule has 1 unspecified atom stereocenters. The van der Waals surface area contributed by atoms with Crippen LogP contribution in [0, 0.1) is 0 Å². The van der Waals surface area contributed by atoms with Gasteiger partial charge in [-0.25, -0.2) is 13.1 Å². The second-order valence-electron chi connectivity index (χ2n) is 4.63. The molecule has 0 bridgehead atoms. The van der Waals surface area contributed by atoms with Crippen LogP contribution in [0.2, 0.25) is 0 Å². The van der Waals surface area contributed by atoms with Gasteiger partial charge < -0.3 is 9.84 Å². The number of rotatable bonds is 6. The number of benzene rings is 1. The number of thioether (sulfide) groups is 1. The van der Waals surface area contributed by atoms with Gasteiger partial charge in [-0.2, -0.15) is 11.8 Å². The van der Waals surface area contributed by atoms with Crippen molar-refractivity contribution in [3.63, 3.8) is 0 Å². The van der Waals surface area contributed by atoms with Crippen LogP contribution in [0.25, 0.3) is 0 Å². The van der Waals surface area contributed by atoms with Crippen LogP contribution in [-0.4, -0.2) is 38.2 Å². The highest BCUT2D eigenvalue weighted by Crippen LogP contribution is 2.27. The number of ether oxygens (including phenoxy) is 1. The van der Waals surface area contributed by atoms with Gasteiger partial charge in [0.25, 0.3) is 0 Å². The van der Waals surface area contributed by atoms with Crippen LogP contribution < -0.4 is 9.46 Å². The zero-order valence-electron chi connectivity index (χ0n) is 11.3. The summed E-state index contributed by atoms with van der Waals surface area (Å²) in [6, 6.07) is 4.65. The van der Waals surface area contributed by atoms with E-state index in [2.05, 4.69) is 4.72 Å². The minimum Gasteiger partial charge on any atom is -0.495 e. The van der Waals surface area contributed by atoms with Crippen LogP contribution in [0.5, 0.6) is 5.75 Å². The summed E-state index contributed by atoms with van der Waals surface area (Å²) >= 11 is 1.80. The lowest BCUT2D eigenvalue weighted by molar-refractivity contribution is 0.281. The Kier molecular flexibility index (Phi) is 5.31. The molecule has 2 N–H and O–H groups in total. The average molecular weight is 317 g/mol. The molecule has 5 nitrogen and oxygen atoms in total. The van der Waals surface area contributed by atoms with E-state index in [4.69, 9.17) is 9.84 Å². The van der Waals surface area contributed by atoms with Crippen LogP contribution in [0.1, 0.15) is 18.4 Å². The van der Waals surface area contributed by atoms with Crippen LogP contribution in [0.4, 0.5) is 0 Å². The van der Waals surface area contributed by atoms with Gasteiger partial charge in [0.1, 0.15) is 10.6 Å². The molecular weight excluding hydrogens is 298 g/mol. The predicted molar refractivity (Wildman–Crippen MR) is 79.6 cm³/mol. The molecule has 112 valence electrons. The van der Waals surface area contributed by atoms with Crippen molar-refractivity contribution < 1.29 is 18.3 Å². The number of aliphatic hydroxyl groups is 1. The van der Waals surface area contributed by atoms with E-state index in [9.17, 15) is 8.42 Å². The van der Waals surface area contributed by atoms with E-state index in [-0.39, 0.29) is 17.3 Å². The molecule has 1 heterocycles. The highest BCUT2D eigenvalue weighted by molar-refractivity contribution is 8.00. The summed E-state index contributed by atoms with van der Waals surface area (Å²) in [4.78, 5) is 0.0783. The fourth-order valence-corrected chi connectivity index (χ4v) is 4.72. The van der Waals surface area contributed by atoms with Crippen LogP contribution in [-0.2, 0) is 16.6 Å². The largest absolute Gasteiger partial charge is 0.495 e. The van der Waals surface area contributed by atoms with Gasteiger partial charge in [0.15, 0.2) is 0 Å². The number of nitrogens with one attached hydrogen (secondary N) is 1. The maximum atomic E-state index is 12.4. The predicted octanol–water partition coefficient (Wildman–Crippen LogP) is 1.36. The van der Waals surface area contributed by atoms with Crippen molar-refractivity contribution in [1.82, 2.24) is 4.72 Å². The van der Waals surface area contributed by atoms with E-state index in [1.54, 1.807) is 23.9 Å². The van der Waals surface area contributed by atoms with Crippen LogP contribution in [0.3, 0.4) is 0 Å². The summed E-state index contributed by atoms with van der Waals surface area (Å²) in [6.45, 7) is 0.227. The van der Waals surface area contributed by atoms with E-state index in [1.165, 1.54) is 13.2 Å². The molecule has 0 saturated carbocycles. The van der Waals surface area contributed by atoms with Crippen molar-refractivity contribution in [3.8, 4) is 5.75 Å². The van der Waals surface area contributed by atoms with E-state index in [0.717, 1.165) is 18.6 Å². The standard InChI is InChI=1S/C13H19NO4S2/c1-18-12-5-4-10(9-15)7-13(12)20(16,17)14-8-11-3-2-6-19-11/h4-5,7,11,14-15H,2-3,6,8-9H2,1H3. The normalized spacial score (nSPS) is 19.2. The third-order valence-electron chi connectivity index (χ3n) is 3.23. The van der Waals surface area contributed by atoms with Gasteiger partial charge >= 0.3 is 0 Å². The average Bonchev–Trinajstić information content (AvgIpc) is 2.98. The fourth-order valence-electron chi connectivity index (χ4n) is 2.12. The lowest BCUT2D eigenvalue weighted by Crippen LogP contribution is -2.30. The first-order valence-electron chi connectivity index (χ1n) is 6.46. The Hall–Kier alpha value is -0.760. The number of hydrogen-bond acceptors (Lipinski definition) is 5. The monoisotopic (exact) mass is 317 g/mol. The molecule has 1 aromatic rings. The number of sulfonamides is 1. The first-order valence-corrected chi connectivity index (χ1v) is 8.99. The molecule has 20 heavy (non-hydrogen) atoms. The molecule has 7 heteroatoms. The van der Waals surface area contributed by atoms with Crippen LogP contribution >= 0.6 is 11.8 Å². The van der Waals surface area contributed by atoms with E-state index < -0.39 is 10.0 Å². The first-order chi connectivity index (χ1) is 9.56. The summed E-state index contributed by atoms with van der Waals surface area (Å²) in [5.41, 5.74) is 0.543. The van der Waals surface area contributed by atoms with Gasteiger partial charge in [-0.1, -0.05) is 6.07 Å². The Morgan fingerprint density at radius 1 is 1.50 bits per heavy atom. The second-order valence-corrected chi connectivity index (χ2v) is 7.77. The summed E-state index contributed by atoms with van der Waals surface area (Å²) < 4.78 is 32.4. The SMILES string of the molecule is COc1ccc(CO)cc1S(=O)(=O)NCC1CCCS1. The van der Waals surface area contributed by atoms with Crippen LogP contribution in [0.15, 0.2) is 23.1 Å². The Morgan fingerprint density at radius 2 is 2.30 bits per heavy atom. The van der Waals surface area contributed by atoms with E-state index >= 15 is 0 Å². The molecule has 2 rings (SSSR count). The molecule has 0 spiro atoms. The smallest absolute Gasteiger partial charge is 0.244 e. The van der Waals surface area contributed by atoms with Gasteiger partial charge in [0.2, 0.25) is 10.0 Å². The first kappa shape index (κ1) is 15.6. The summed E-state index contributed by atoms with van der Waals surface area (Å²) in [6.07, 6.45) is 2.18. The summed E-state index contributed by atoms with van der Waals surface area (Å²) in [5.74, 6) is 1.38. The molecule has 0 amide bonds. The Morgan fingerprint density at radius 3 is 2.90 bits per heavy atom. The van der Waals surface area contributed by atoms with Gasteiger partial charge in [-0.15, -0.1) is 0 Å². The fraction of sp³-hybridized carbons (Fsp3) is 0.538. The highest BCUT2D eigenvalue weighted by Gasteiger charge is 2.23. The molecule has 1 atom stereocenters. The maximum absolute atomic E-state index is 12.4. The van der Waals surface area contributed by atoms with Crippen molar-refractivity contribution >= 4 is 21.8 Å². The highest BCUT2D eigenvalue weighted by atomic mass is 32.2. The number of aliphatic hydroxyl groups excluding tert-OH is 1. The van der Waals surface area contributed by atoms with E-state index in [0.29, 0.717) is 17.4 Å². The minimum absolute atomic E-state index is 0.0783. The molecular formula is C13H19NO4S2. The molecule has 1 saturated heterocycles. The third kappa shape index (κ3) is 3.66. The minimum atomic E-state index is -3.62. The molecule has 1 fully saturated rings. The molecule has 1 aromatic carbocycles. The van der Waals surface area contributed by atoms with Crippen molar-refractivity contribution in [2.75, 3.05) is 19.4 Å². The van der Waals surface area contributed by atoms with Crippen molar-refractivity contribution in [1.29, 1.82) is 0 Å². The topological polar surface area (TPSA) is 75.6 Å². The van der Waals surface area contributed by atoms with Gasteiger partial charge in [-0.3, -0.25) is 0 Å². The Bertz CT molecular complexity index is 553. The number of hydrogen-bond donors (Lipinski definition) is 2. The molecule has 0 radical (unpaired) electrons.